The molecule has 2 aromatic rings. The van der Waals surface area contributed by atoms with Gasteiger partial charge in [-0.05, 0) is 42.8 Å². The molecule has 28 heavy (non-hydrogen) atoms. The van der Waals surface area contributed by atoms with Crippen molar-refractivity contribution in [1.82, 2.24) is 4.98 Å². The standard InChI is InChI=1S/C20H19ClN2O5/c1-13(20(25)23-18-7-5-15(21)12-22-18)28-19(24)8-4-14-3-6-16-17(11-14)27-10-2-9-26-16/h3-8,11-13H,2,9-10H2,1H3,(H,22,23,25)/b8-4+/t13-/m0/s1. The van der Waals surface area contributed by atoms with Gasteiger partial charge in [0.1, 0.15) is 5.82 Å². The van der Waals surface area contributed by atoms with Crippen LogP contribution in [0.3, 0.4) is 0 Å². The fourth-order valence-electron chi connectivity index (χ4n) is 2.39. The largest absolute Gasteiger partial charge is 0.490 e. The molecule has 7 nitrogen and oxygen atoms in total. The van der Waals surface area contributed by atoms with Crippen molar-refractivity contribution in [2.24, 2.45) is 0 Å². The minimum absolute atomic E-state index is 0.319. The second-order valence-corrected chi connectivity index (χ2v) is 6.46. The number of rotatable bonds is 5. The van der Waals surface area contributed by atoms with Gasteiger partial charge in [-0.25, -0.2) is 9.78 Å². The van der Waals surface area contributed by atoms with Crippen LogP contribution in [0.4, 0.5) is 5.82 Å². The third-order valence-electron chi connectivity index (χ3n) is 3.82. The highest BCUT2D eigenvalue weighted by atomic mass is 35.5. The summed E-state index contributed by atoms with van der Waals surface area (Å²) < 4.78 is 16.3. The maximum absolute atomic E-state index is 12.1. The maximum Gasteiger partial charge on any atom is 0.331 e. The number of esters is 1. The molecule has 0 fully saturated rings. The van der Waals surface area contributed by atoms with Gasteiger partial charge in [-0.2, -0.15) is 0 Å². The van der Waals surface area contributed by atoms with Crippen LogP contribution in [0.25, 0.3) is 6.08 Å². The quantitative estimate of drug-likeness (QED) is 0.608. The first-order chi connectivity index (χ1) is 13.5. The van der Waals surface area contributed by atoms with Crippen LogP contribution >= 0.6 is 11.6 Å². The minimum Gasteiger partial charge on any atom is -0.490 e. The van der Waals surface area contributed by atoms with Crippen molar-refractivity contribution < 1.29 is 23.8 Å². The molecule has 1 aliphatic heterocycles. The van der Waals surface area contributed by atoms with Crippen molar-refractivity contribution in [2.75, 3.05) is 18.5 Å². The lowest BCUT2D eigenvalue weighted by Crippen LogP contribution is -2.29. The summed E-state index contributed by atoms with van der Waals surface area (Å²) >= 11 is 5.75. The van der Waals surface area contributed by atoms with E-state index in [0.29, 0.717) is 35.6 Å². The molecule has 3 rings (SSSR count). The van der Waals surface area contributed by atoms with Crippen LogP contribution in [0.2, 0.25) is 5.02 Å². The molecular formula is C20H19ClN2O5. The van der Waals surface area contributed by atoms with Crippen molar-refractivity contribution in [3.8, 4) is 11.5 Å². The highest BCUT2D eigenvalue weighted by molar-refractivity contribution is 6.30. The number of carbonyl (C=O) groups is 2. The van der Waals surface area contributed by atoms with E-state index < -0.39 is 18.0 Å². The van der Waals surface area contributed by atoms with E-state index in [1.54, 1.807) is 36.4 Å². The zero-order chi connectivity index (χ0) is 19.9. The van der Waals surface area contributed by atoms with E-state index in [2.05, 4.69) is 10.3 Å². The first-order valence-electron chi connectivity index (χ1n) is 8.72. The molecule has 0 saturated carbocycles. The second-order valence-electron chi connectivity index (χ2n) is 6.02. The number of ether oxygens (including phenoxy) is 3. The first-order valence-corrected chi connectivity index (χ1v) is 9.10. The van der Waals surface area contributed by atoms with Crippen molar-refractivity contribution in [1.29, 1.82) is 0 Å². The topological polar surface area (TPSA) is 86.8 Å². The van der Waals surface area contributed by atoms with Gasteiger partial charge in [-0.1, -0.05) is 17.7 Å². The van der Waals surface area contributed by atoms with Gasteiger partial charge in [0.05, 0.1) is 18.2 Å². The molecular weight excluding hydrogens is 384 g/mol. The van der Waals surface area contributed by atoms with E-state index in [9.17, 15) is 9.59 Å². The van der Waals surface area contributed by atoms with E-state index in [1.165, 1.54) is 19.2 Å². The third kappa shape index (κ3) is 5.47. The van der Waals surface area contributed by atoms with E-state index in [-0.39, 0.29) is 0 Å². The summed E-state index contributed by atoms with van der Waals surface area (Å²) in [6.45, 7) is 2.67. The highest BCUT2D eigenvalue weighted by Gasteiger charge is 2.17. The van der Waals surface area contributed by atoms with Gasteiger partial charge >= 0.3 is 5.97 Å². The summed E-state index contributed by atoms with van der Waals surface area (Å²) in [7, 11) is 0. The monoisotopic (exact) mass is 402 g/mol. The Bertz CT molecular complexity index is 883. The zero-order valence-electron chi connectivity index (χ0n) is 15.2. The predicted octanol–water partition coefficient (Wildman–Crippen LogP) is 3.48. The Morgan fingerprint density at radius 3 is 2.75 bits per heavy atom. The number of pyridine rings is 1. The van der Waals surface area contributed by atoms with Crippen LogP contribution < -0.4 is 14.8 Å². The molecule has 1 amide bonds. The number of fused-ring (bicyclic) bond motifs is 1. The van der Waals surface area contributed by atoms with Gasteiger partial charge in [0.25, 0.3) is 5.91 Å². The van der Waals surface area contributed by atoms with E-state index >= 15 is 0 Å². The van der Waals surface area contributed by atoms with Crippen molar-refractivity contribution in [3.05, 3.63) is 53.2 Å². The molecule has 0 bridgehead atoms. The number of nitrogens with one attached hydrogen (secondary N) is 1. The molecule has 1 aromatic carbocycles. The van der Waals surface area contributed by atoms with Crippen molar-refractivity contribution in [3.63, 3.8) is 0 Å². The van der Waals surface area contributed by atoms with Gasteiger partial charge < -0.3 is 19.5 Å². The average Bonchev–Trinajstić information content (AvgIpc) is 2.93. The molecule has 0 aliphatic carbocycles. The minimum atomic E-state index is -0.988. The first kappa shape index (κ1) is 19.7. The normalized spacial score (nSPS) is 14.2. The van der Waals surface area contributed by atoms with E-state index in [1.807, 2.05) is 0 Å². The molecule has 1 atom stereocenters. The third-order valence-corrected chi connectivity index (χ3v) is 4.05. The zero-order valence-corrected chi connectivity index (χ0v) is 15.9. The number of hydrogen-bond donors (Lipinski definition) is 1. The summed E-state index contributed by atoms with van der Waals surface area (Å²) in [4.78, 5) is 28.0. The van der Waals surface area contributed by atoms with Gasteiger partial charge in [-0.3, -0.25) is 4.79 Å². The number of carbonyl (C=O) groups excluding carboxylic acids is 2. The van der Waals surface area contributed by atoms with E-state index in [4.69, 9.17) is 25.8 Å². The van der Waals surface area contributed by atoms with Gasteiger partial charge in [0, 0.05) is 18.7 Å². The Hall–Kier alpha value is -3.06. The molecule has 1 aliphatic rings. The Balaban J connectivity index is 1.54. The number of aromatic nitrogens is 1. The number of anilines is 1. The lowest BCUT2D eigenvalue weighted by molar-refractivity contribution is -0.148. The number of halogens is 1. The SMILES string of the molecule is C[C@H](OC(=O)/C=C/c1ccc2c(c1)OCCCO2)C(=O)Nc1ccc(Cl)cn1. The van der Waals surface area contributed by atoms with E-state index in [0.717, 1.165) is 12.0 Å². The van der Waals surface area contributed by atoms with Crippen LogP contribution in [0, 0.1) is 0 Å². The fraction of sp³-hybridized carbons (Fsp3) is 0.250. The lowest BCUT2D eigenvalue weighted by Gasteiger charge is -2.12. The summed E-state index contributed by atoms with van der Waals surface area (Å²) in [6.07, 6.45) is 4.08. The van der Waals surface area contributed by atoms with Gasteiger partial charge in [0.2, 0.25) is 0 Å². The Morgan fingerprint density at radius 1 is 1.21 bits per heavy atom. The van der Waals surface area contributed by atoms with Crippen LogP contribution in [0.5, 0.6) is 11.5 Å². The van der Waals surface area contributed by atoms with Gasteiger partial charge in [0.15, 0.2) is 17.6 Å². The second kappa shape index (κ2) is 9.23. The van der Waals surface area contributed by atoms with Crippen LogP contribution in [-0.4, -0.2) is 36.2 Å². The lowest BCUT2D eigenvalue weighted by atomic mass is 10.2. The summed E-state index contributed by atoms with van der Waals surface area (Å²) in [5.74, 6) is 0.501. The fourth-order valence-corrected chi connectivity index (χ4v) is 2.50. The van der Waals surface area contributed by atoms with Crippen molar-refractivity contribution >= 4 is 35.4 Å². The number of hydrogen-bond acceptors (Lipinski definition) is 6. The summed E-state index contributed by atoms with van der Waals surface area (Å²) in [5, 5.41) is 3.00. The maximum atomic E-state index is 12.1. The van der Waals surface area contributed by atoms with Crippen LogP contribution in [-0.2, 0) is 14.3 Å². The molecule has 8 heteroatoms. The average molecular weight is 403 g/mol. The van der Waals surface area contributed by atoms with Crippen molar-refractivity contribution in [2.45, 2.75) is 19.4 Å². The Morgan fingerprint density at radius 2 is 2.00 bits per heavy atom. The smallest absolute Gasteiger partial charge is 0.331 e. The van der Waals surface area contributed by atoms with Gasteiger partial charge in [-0.15, -0.1) is 0 Å². The predicted molar refractivity (Wildman–Crippen MR) is 105 cm³/mol. The van der Waals surface area contributed by atoms with Crippen LogP contribution in [0.1, 0.15) is 18.9 Å². The number of amides is 1. The number of benzene rings is 1. The molecule has 146 valence electrons. The molecule has 2 heterocycles. The molecule has 0 saturated heterocycles. The summed E-state index contributed by atoms with van der Waals surface area (Å²) in [6, 6.07) is 8.53. The Kier molecular flexibility index (Phi) is 6.49. The number of nitrogens with zero attached hydrogens (tertiary/aromatic N) is 1. The molecule has 1 aromatic heterocycles. The molecule has 0 spiro atoms. The molecule has 0 radical (unpaired) electrons. The Labute approximate surface area is 167 Å². The van der Waals surface area contributed by atoms with Crippen LogP contribution in [0.15, 0.2) is 42.6 Å². The molecule has 1 N–H and O–H groups in total. The summed E-state index contributed by atoms with van der Waals surface area (Å²) in [5.41, 5.74) is 0.753. The molecule has 0 unspecified atom stereocenters. The highest BCUT2D eigenvalue weighted by Crippen LogP contribution is 2.30.